The Morgan fingerprint density at radius 1 is 0.407 bits per heavy atom. The molecule has 12 aliphatic rings. The van der Waals surface area contributed by atoms with E-state index in [0.29, 0.717) is 23.7 Å². The molecule has 0 spiro atoms. The van der Waals surface area contributed by atoms with Crippen LogP contribution in [0.2, 0.25) is 0 Å². The van der Waals surface area contributed by atoms with Crippen molar-refractivity contribution in [3.8, 4) is 0 Å². The van der Waals surface area contributed by atoms with Crippen molar-refractivity contribution in [2.75, 3.05) is 0 Å². The molecule has 0 aliphatic heterocycles. The first kappa shape index (κ1) is 38.2. The first-order valence-corrected chi connectivity index (χ1v) is 24.2. The van der Waals surface area contributed by atoms with Crippen LogP contribution in [0.5, 0.6) is 0 Å². The van der Waals surface area contributed by atoms with Gasteiger partial charge in [0.15, 0.2) is 0 Å². The molecule has 12 fully saturated rings. The molecular formula is C50H76O4. The van der Waals surface area contributed by atoms with Crippen LogP contribution in [0, 0.1) is 130 Å². The Morgan fingerprint density at radius 3 is 1.35 bits per heavy atom. The third-order valence-corrected chi connectivity index (χ3v) is 20.2. The Balaban J connectivity index is 0.0000000954. The quantitative estimate of drug-likeness (QED) is 0.232. The molecule has 0 radical (unpaired) electrons. The molecule has 0 amide bonds. The third-order valence-electron chi connectivity index (χ3n) is 20.2. The van der Waals surface area contributed by atoms with E-state index in [9.17, 15) is 19.2 Å². The van der Waals surface area contributed by atoms with Crippen LogP contribution in [-0.2, 0) is 19.2 Å². The Morgan fingerprint density at radius 2 is 0.833 bits per heavy atom. The SMILES string of the molecule is CC(C=O)CC1CC[C@H]2C3CCC(C3)[C@@H]12.CC(C=O)CC1C[C@@H]2C3CCC(C3)[C@@H]2C1.O=CC1CC[C@H]2C3CCC(C3)[C@@H]12.O=CC1C[C@@H]2C3CCC(C3)[C@@H]2C1. The average Bonchev–Trinajstić information content (AvgIpc) is 4.01. The fourth-order valence-electron chi connectivity index (χ4n) is 18.4. The Bertz CT molecular complexity index is 1300. The zero-order chi connectivity index (χ0) is 37.1. The lowest BCUT2D eigenvalue weighted by molar-refractivity contribution is -0.113. The van der Waals surface area contributed by atoms with Gasteiger partial charge in [0, 0.05) is 23.7 Å². The van der Waals surface area contributed by atoms with Gasteiger partial charge in [-0.15, -0.1) is 0 Å². The van der Waals surface area contributed by atoms with Crippen LogP contribution in [0.25, 0.3) is 0 Å². The molecule has 12 aliphatic carbocycles. The summed E-state index contributed by atoms with van der Waals surface area (Å²) in [6.45, 7) is 4.17. The van der Waals surface area contributed by atoms with Crippen molar-refractivity contribution in [1.29, 1.82) is 0 Å². The summed E-state index contributed by atoms with van der Waals surface area (Å²) in [5, 5.41) is 0. The Labute approximate surface area is 328 Å². The minimum absolute atomic E-state index is 0.298. The second-order valence-corrected chi connectivity index (χ2v) is 22.6. The van der Waals surface area contributed by atoms with Gasteiger partial charge < -0.3 is 19.2 Å². The first-order chi connectivity index (χ1) is 26.3. The highest BCUT2D eigenvalue weighted by atomic mass is 16.1. The topological polar surface area (TPSA) is 68.3 Å². The van der Waals surface area contributed by atoms with Crippen molar-refractivity contribution in [3.05, 3.63) is 0 Å². The van der Waals surface area contributed by atoms with E-state index in [-0.39, 0.29) is 0 Å². The maximum atomic E-state index is 10.8. The molecule has 0 N–H and O–H groups in total. The molecule has 0 heterocycles. The molecule has 22 atom stereocenters. The van der Waals surface area contributed by atoms with Crippen LogP contribution in [-0.4, -0.2) is 25.1 Å². The van der Waals surface area contributed by atoms with Gasteiger partial charge in [-0.25, -0.2) is 0 Å². The van der Waals surface area contributed by atoms with E-state index in [1.807, 2.05) is 0 Å². The number of carbonyl (C=O) groups is 4. The van der Waals surface area contributed by atoms with Crippen LogP contribution in [0.1, 0.15) is 155 Å². The predicted octanol–water partition coefficient (Wildman–Crippen LogP) is 11.1. The lowest BCUT2D eigenvalue weighted by atomic mass is 9.76. The van der Waals surface area contributed by atoms with E-state index < -0.39 is 0 Å². The van der Waals surface area contributed by atoms with E-state index in [0.717, 1.165) is 126 Å². The summed E-state index contributed by atoms with van der Waals surface area (Å²) >= 11 is 0. The second kappa shape index (κ2) is 16.1. The fraction of sp³-hybridized carbons (Fsp3) is 0.920. The lowest BCUT2D eigenvalue weighted by Gasteiger charge is -2.29. The number of aldehydes is 4. The maximum Gasteiger partial charge on any atom is 0.123 e. The summed E-state index contributed by atoms with van der Waals surface area (Å²) in [7, 11) is 0. The molecule has 8 bridgehead atoms. The van der Waals surface area contributed by atoms with Gasteiger partial charge in [0.1, 0.15) is 25.1 Å². The zero-order valence-electron chi connectivity index (χ0n) is 34.2. The molecule has 0 aromatic carbocycles. The van der Waals surface area contributed by atoms with Gasteiger partial charge in [-0.1, -0.05) is 13.8 Å². The van der Waals surface area contributed by atoms with Crippen molar-refractivity contribution in [2.24, 2.45) is 130 Å². The number of rotatable bonds is 8. The monoisotopic (exact) mass is 741 g/mol. The molecule has 0 saturated heterocycles. The van der Waals surface area contributed by atoms with Crippen molar-refractivity contribution < 1.29 is 19.2 Å². The molecule has 4 heteroatoms. The molecule has 14 unspecified atom stereocenters. The van der Waals surface area contributed by atoms with Crippen LogP contribution in [0.15, 0.2) is 0 Å². The summed E-state index contributed by atoms with van der Waals surface area (Å²) < 4.78 is 0. The number of hydrogen-bond acceptors (Lipinski definition) is 4. The Kier molecular flexibility index (Phi) is 11.4. The molecular weight excluding hydrogens is 665 g/mol. The van der Waals surface area contributed by atoms with Crippen LogP contribution >= 0.6 is 0 Å². The standard InChI is InChI=1S/2C14H22O.2C11H16O/c1-9(8-15)4-10-5-13-11-2-3-12(7-11)14(13)6-10;1-9(8-15)6-11-4-5-13-10-2-3-12(7-10)14(11)13;12-6-7-3-10-8-1-2-9(5-8)11(10)4-7;12-6-9-3-4-10-7-1-2-8(5-7)11(9)10/h2*8-14H,2-7H2,1H3;2*6-11H,1-5H2/t2*9?,10?,11?,12?,13-,14+;7?,8?,9?,10-,11+;7?,8?,9?,10-,11-/m.0.0/s1. The summed E-state index contributed by atoms with van der Waals surface area (Å²) in [6.07, 6.45) is 35.8. The molecule has 4 nitrogen and oxygen atoms in total. The molecule has 54 heavy (non-hydrogen) atoms. The van der Waals surface area contributed by atoms with E-state index in [2.05, 4.69) is 13.8 Å². The third kappa shape index (κ3) is 7.11. The lowest BCUT2D eigenvalue weighted by Crippen LogP contribution is -2.23. The second-order valence-electron chi connectivity index (χ2n) is 22.6. The van der Waals surface area contributed by atoms with E-state index in [1.54, 1.807) is 6.42 Å². The molecule has 12 rings (SSSR count). The summed E-state index contributed by atoms with van der Waals surface area (Å²) in [6, 6.07) is 0. The number of fused-ring (bicyclic) bond motifs is 20. The summed E-state index contributed by atoms with van der Waals surface area (Å²) in [4.78, 5) is 42.9. The maximum absolute atomic E-state index is 10.8. The van der Waals surface area contributed by atoms with Gasteiger partial charge in [-0.05, 0) is 248 Å². The molecule has 300 valence electrons. The van der Waals surface area contributed by atoms with E-state index in [4.69, 9.17) is 0 Å². The van der Waals surface area contributed by atoms with Crippen molar-refractivity contribution in [2.45, 2.75) is 155 Å². The van der Waals surface area contributed by atoms with E-state index >= 15 is 0 Å². The molecule has 0 aromatic heterocycles. The van der Waals surface area contributed by atoms with Crippen molar-refractivity contribution >= 4 is 25.1 Å². The summed E-state index contributed by atoms with van der Waals surface area (Å²) in [5.41, 5.74) is 0. The average molecular weight is 741 g/mol. The summed E-state index contributed by atoms with van der Waals surface area (Å²) in [5.74, 6) is 19.4. The highest BCUT2D eigenvalue weighted by Crippen LogP contribution is 2.63. The van der Waals surface area contributed by atoms with Crippen molar-refractivity contribution in [1.82, 2.24) is 0 Å². The minimum Gasteiger partial charge on any atom is -0.303 e. The largest absolute Gasteiger partial charge is 0.303 e. The minimum atomic E-state index is 0.298. The van der Waals surface area contributed by atoms with Gasteiger partial charge in [0.2, 0.25) is 0 Å². The van der Waals surface area contributed by atoms with Gasteiger partial charge in [0.25, 0.3) is 0 Å². The smallest absolute Gasteiger partial charge is 0.123 e. The first-order valence-electron chi connectivity index (χ1n) is 24.2. The van der Waals surface area contributed by atoms with E-state index in [1.165, 1.54) is 141 Å². The number of carbonyl (C=O) groups excluding carboxylic acids is 4. The number of hydrogen-bond donors (Lipinski definition) is 0. The molecule has 12 saturated carbocycles. The van der Waals surface area contributed by atoms with Gasteiger partial charge in [-0.2, -0.15) is 0 Å². The van der Waals surface area contributed by atoms with Gasteiger partial charge >= 0.3 is 0 Å². The van der Waals surface area contributed by atoms with Gasteiger partial charge in [0.05, 0.1) is 0 Å². The predicted molar refractivity (Wildman–Crippen MR) is 214 cm³/mol. The fourth-order valence-corrected chi connectivity index (χ4v) is 18.4. The van der Waals surface area contributed by atoms with Crippen LogP contribution < -0.4 is 0 Å². The highest BCUT2D eigenvalue weighted by Gasteiger charge is 2.55. The van der Waals surface area contributed by atoms with Gasteiger partial charge in [-0.3, -0.25) is 0 Å². The van der Waals surface area contributed by atoms with Crippen LogP contribution in [0.3, 0.4) is 0 Å². The normalized spacial score (nSPS) is 52.2. The molecule has 0 aromatic rings. The highest BCUT2D eigenvalue weighted by molar-refractivity contribution is 5.55. The van der Waals surface area contributed by atoms with Crippen molar-refractivity contribution in [3.63, 3.8) is 0 Å². The Hall–Kier alpha value is -1.32. The van der Waals surface area contributed by atoms with Crippen LogP contribution in [0.4, 0.5) is 0 Å². The zero-order valence-corrected chi connectivity index (χ0v) is 34.2.